The number of benzene rings is 2. The van der Waals surface area contributed by atoms with Crippen molar-refractivity contribution < 1.29 is 17.9 Å². The van der Waals surface area contributed by atoms with Gasteiger partial charge in [0.05, 0.1) is 27.8 Å². The molecule has 0 atom stereocenters. The predicted octanol–water partition coefficient (Wildman–Crippen LogP) is 3.23. The first-order chi connectivity index (χ1) is 12.7. The van der Waals surface area contributed by atoms with Crippen LogP contribution in [-0.2, 0) is 14.8 Å². The van der Waals surface area contributed by atoms with Gasteiger partial charge in [0.25, 0.3) is 10.0 Å². The van der Waals surface area contributed by atoms with Crippen molar-refractivity contribution in [2.45, 2.75) is 24.8 Å². The Labute approximate surface area is 160 Å². The van der Waals surface area contributed by atoms with E-state index in [1.165, 1.54) is 43.5 Å². The Bertz CT molecular complexity index is 1160. The van der Waals surface area contributed by atoms with Crippen molar-refractivity contribution in [1.82, 2.24) is 4.57 Å². The van der Waals surface area contributed by atoms with Crippen molar-refractivity contribution in [2.24, 2.45) is 0 Å². The van der Waals surface area contributed by atoms with Gasteiger partial charge in [-0.3, -0.25) is 14.1 Å². The van der Waals surface area contributed by atoms with Gasteiger partial charge < -0.3 is 4.74 Å². The average Bonchev–Trinajstić information content (AvgIpc) is 2.96. The lowest BCUT2D eigenvalue weighted by Crippen LogP contribution is -2.15. The van der Waals surface area contributed by atoms with Crippen LogP contribution in [0.2, 0.25) is 0 Å². The Morgan fingerprint density at radius 1 is 1.15 bits per heavy atom. The molecule has 2 aromatic carbocycles. The molecule has 0 fully saturated rings. The monoisotopic (exact) mass is 406 g/mol. The third kappa shape index (κ3) is 3.74. The number of hydrogen-bond donors (Lipinski definition) is 1. The highest BCUT2D eigenvalue weighted by Gasteiger charge is 2.18. The third-order valence-corrected chi connectivity index (χ3v) is 6.27. The summed E-state index contributed by atoms with van der Waals surface area (Å²) in [4.78, 5) is 23.5. The number of carbonyl (C=O) groups excluding carboxylic acids is 1. The molecule has 0 amide bonds. The molecule has 0 bridgehead atoms. The molecule has 0 saturated heterocycles. The maximum Gasteiger partial charge on any atom is 0.337 e. The van der Waals surface area contributed by atoms with Crippen LogP contribution in [0, 0.1) is 0 Å². The molecule has 3 aromatic rings. The lowest BCUT2D eigenvalue weighted by atomic mass is 10.2. The lowest BCUT2D eigenvalue weighted by Gasteiger charge is -2.10. The molecular formula is C18H18N2O5S2. The second-order valence-corrected chi connectivity index (χ2v) is 8.81. The number of ether oxygens (including phenoxy) is 1. The zero-order valence-corrected chi connectivity index (χ0v) is 16.6. The highest BCUT2D eigenvalue weighted by Crippen LogP contribution is 2.25. The molecule has 1 aromatic heterocycles. The molecule has 27 heavy (non-hydrogen) atoms. The van der Waals surface area contributed by atoms with Crippen molar-refractivity contribution in [3.63, 3.8) is 0 Å². The summed E-state index contributed by atoms with van der Waals surface area (Å²) in [6.45, 7) is 3.80. The molecule has 0 saturated carbocycles. The summed E-state index contributed by atoms with van der Waals surface area (Å²) < 4.78 is 34.6. The first kappa shape index (κ1) is 19.1. The number of aromatic nitrogens is 1. The molecule has 0 aliphatic rings. The van der Waals surface area contributed by atoms with Gasteiger partial charge in [-0.2, -0.15) is 0 Å². The number of nitrogens with zero attached hydrogens (tertiary/aromatic N) is 1. The maximum absolute atomic E-state index is 12.7. The van der Waals surface area contributed by atoms with Crippen LogP contribution in [0.3, 0.4) is 0 Å². The predicted molar refractivity (Wildman–Crippen MR) is 105 cm³/mol. The van der Waals surface area contributed by atoms with Gasteiger partial charge in [-0.05, 0) is 56.3 Å². The summed E-state index contributed by atoms with van der Waals surface area (Å²) in [7, 11) is -2.56. The third-order valence-electron chi connectivity index (χ3n) is 3.97. The summed E-state index contributed by atoms with van der Waals surface area (Å²) in [5, 5.41) is 0. The van der Waals surface area contributed by atoms with Crippen molar-refractivity contribution in [1.29, 1.82) is 0 Å². The minimum Gasteiger partial charge on any atom is -0.465 e. The fraction of sp³-hybridized carbons (Fsp3) is 0.222. The van der Waals surface area contributed by atoms with Gasteiger partial charge in [0.15, 0.2) is 0 Å². The number of esters is 1. The number of carbonyl (C=O) groups is 1. The molecule has 9 heteroatoms. The number of methoxy groups -OCH3 is 1. The summed E-state index contributed by atoms with van der Waals surface area (Å²) in [5.74, 6) is -0.501. The zero-order valence-electron chi connectivity index (χ0n) is 14.9. The highest BCUT2D eigenvalue weighted by molar-refractivity contribution is 7.92. The Balaban J connectivity index is 1.93. The Morgan fingerprint density at radius 2 is 1.81 bits per heavy atom. The summed E-state index contributed by atoms with van der Waals surface area (Å²) in [5.41, 5.74) is 1.35. The fourth-order valence-corrected chi connectivity index (χ4v) is 4.89. The minimum atomic E-state index is -3.84. The quantitative estimate of drug-likeness (QED) is 0.657. The van der Waals surface area contributed by atoms with E-state index >= 15 is 0 Å². The van der Waals surface area contributed by atoms with E-state index in [1.54, 1.807) is 10.6 Å². The van der Waals surface area contributed by atoms with Crippen molar-refractivity contribution >= 4 is 43.2 Å². The molecule has 0 unspecified atom stereocenters. The van der Waals surface area contributed by atoms with E-state index in [2.05, 4.69) is 9.46 Å². The summed E-state index contributed by atoms with van der Waals surface area (Å²) >= 11 is 1.02. The van der Waals surface area contributed by atoms with Crippen LogP contribution in [0.4, 0.5) is 5.69 Å². The number of anilines is 1. The second-order valence-electron chi connectivity index (χ2n) is 6.14. The molecule has 0 aliphatic heterocycles. The molecule has 1 N–H and O–H groups in total. The van der Waals surface area contributed by atoms with Crippen LogP contribution >= 0.6 is 11.3 Å². The lowest BCUT2D eigenvalue weighted by molar-refractivity contribution is 0.0601. The summed E-state index contributed by atoms with van der Waals surface area (Å²) in [6, 6.07) is 10.5. The highest BCUT2D eigenvalue weighted by atomic mass is 32.2. The van der Waals surface area contributed by atoms with Gasteiger partial charge in [0.1, 0.15) is 0 Å². The molecule has 3 rings (SSSR count). The smallest absolute Gasteiger partial charge is 0.337 e. The first-order valence-electron chi connectivity index (χ1n) is 8.09. The Kier molecular flexibility index (Phi) is 5.07. The number of rotatable bonds is 5. The largest absolute Gasteiger partial charge is 0.465 e. The van der Waals surface area contributed by atoms with E-state index in [4.69, 9.17) is 0 Å². The van der Waals surface area contributed by atoms with Crippen molar-refractivity contribution in [2.75, 3.05) is 11.8 Å². The number of fused-ring (bicyclic) bond motifs is 1. The zero-order chi connectivity index (χ0) is 19.8. The van der Waals surface area contributed by atoms with Gasteiger partial charge in [0, 0.05) is 11.7 Å². The van der Waals surface area contributed by atoms with Gasteiger partial charge >= 0.3 is 10.8 Å². The first-order valence-corrected chi connectivity index (χ1v) is 10.4. The second kappa shape index (κ2) is 7.16. The van der Waals surface area contributed by atoms with E-state index in [9.17, 15) is 18.0 Å². The van der Waals surface area contributed by atoms with E-state index in [0.717, 1.165) is 11.3 Å². The van der Waals surface area contributed by atoms with Crippen LogP contribution < -0.4 is 9.60 Å². The van der Waals surface area contributed by atoms with Crippen LogP contribution in [-0.4, -0.2) is 26.1 Å². The molecule has 0 spiro atoms. The van der Waals surface area contributed by atoms with Gasteiger partial charge in [0.2, 0.25) is 0 Å². The minimum absolute atomic E-state index is 0.0137. The topological polar surface area (TPSA) is 94.5 Å². The van der Waals surface area contributed by atoms with Gasteiger partial charge in [-0.1, -0.05) is 11.3 Å². The van der Waals surface area contributed by atoms with E-state index in [1.807, 2.05) is 13.8 Å². The van der Waals surface area contributed by atoms with Crippen LogP contribution in [0.25, 0.3) is 10.2 Å². The normalized spacial score (nSPS) is 11.7. The molecular weight excluding hydrogens is 388 g/mol. The van der Waals surface area contributed by atoms with Crippen LogP contribution in [0.1, 0.15) is 30.2 Å². The van der Waals surface area contributed by atoms with Crippen LogP contribution in [0.5, 0.6) is 0 Å². The molecule has 1 heterocycles. The maximum atomic E-state index is 12.7. The van der Waals surface area contributed by atoms with Gasteiger partial charge in [-0.25, -0.2) is 13.2 Å². The molecule has 0 aliphatic carbocycles. The van der Waals surface area contributed by atoms with Crippen molar-refractivity contribution in [3.05, 3.63) is 57.7 Å². The molecule has 0 radical (unpaired) electrons. The Hall–Kier alpha value is -2.65. The van der Waals surface area contributed by atoms with Crippen molar-refractivity contribution in [3.8, 4) is 0 Å². The summed E-state index contributed by atoms with van der Waals surface area (Å²) in [6.07, 6.45) is 0. The number of sulfonamides is 1. The van der Waals surface area contributed by atoms with Gasteiger partial charge in [-0.15, -0.1) is 0 Å². The Morgan fingerprint density at radius 3 is 2.41 bits per heavy atom. The molecule has 7 nitrogen and oxygen atoms in total. The SMILES string of the molecule is COC(=O)c1ccc(NS(=O)(=O)c2ccc3c(c2)sc(=O)n3C(C)C)cc1. The average molecular weight is 406 g/mol. The standard InChI is InChI=1S/C18H18N2O5S2/c1-11(2)20-15-9-8-14(10-16(15)26-18(20)22)27(23,24)19-13-6-4-12(5-7-13)17(21)25-3/h4-11,19H,1-3H3. The number of hydrogen-bond acceptors (Lipinski definition) is 6. The van der Waals surface area contributed by atoms with E-state index in [-0.39, 0.29) is 15.8 Å². The molecule has 142 valence electrons. The number of nitrogens with one attached hydrogen (secondary N) is 1. The van der Waals surface area contributed by atoms with E-state index < -0.39 is 16.0 Å². The number of thiazole rings is 1. The van der Waals surface area contributed by atoms with Crippen LogP contribution in [0.15, 0.2) is 52.2 Å². The fourth-order valence-electron chi connectivity index (χ4n) is 2.68. The van der Waals surface area contributed by atoms with E-state index in [0.29, 0.717) is 21.5 Å².